The Kier molecular flexibility index (Phi) is 7.28. The van der Waals surface area contributed by atoms with Crippen molar-refractivity contribution in [3.05, 3.63) is 48.5 Å². The highest BCUT2D eigenvalue weighted by atomic mass is 35.5. The van der Waals surface area contributed by atoms with Gasteiger partial charge in [0.25, 0.3) is 15.6 Å². The maximum atomic E-state index is 12.4. The molecule has 2 heterocycles. The van der Waals surface area contributed by atoms with Crippen LogP contribution in [0.2, 0.25) is 9.36 Å². The molecule has 2 aromatic rings. The molecule has 0 saturated heterocycles. The van der Waals surface area contributed by atoms with Crippen molar-refractivity contribution in [3.63, 3.8) is 0 Å². The monoisotopic (exact) mass is 455 g/mol. The molecule has 0 spiro atoms. The highest BCUT2D eigenvalue weighted by molar-refractivity contribution is 7.91. The Bertz CT molecular complexity index is 991. The maximum Gasteiger partial charge on any atom is 0.330 e. The van der Waals surface area contributed by atoms with Crippen molar-refractivity contribution in [1.29, 1.82) is 0 Å². The van der Waals surface area contributed by atoms with Crippen molar-refractivity contribution >= 4 is 44.6 Å². The quantitative estimate of drug-likeness (QED) is 0.564. The van der Waals surface area contributed by atoms with Gasteiger partial charge < -0.3 is 4.74 Å². The molecule has 0 amide bonds. The number of rotatable bonds is 9. The van der Waals surface area contributed by atoms with E-state index in [-0.39, 0.29) is 20.3 Å². The lowest BCUT2D eigenvalue weighted by atomic mass is 10.0. The number of sulfonamides is 1. The third-order valence-electron chi connectivity index (χ3n) is 3.52. The van der Waals surface area contributed by atoms with Crippen LogP contribution in [-0.2, 0) is 21.5 Å². The molecule has 0 aliphatic heterocycles. The Morgan fingerprint density at radius 3 is 2.63 bits per heavy atom. The second kappa shape index (κ2) is 8.89. The van der Waals surface area contributed by atoms with E-state index in [0.717, 1.165) is 11.3 Å². The van der Waals surface area contributed by atoms with E-state index in [0.29, 0.717) is 19.4 Å². The Balaban J connectivity index is 1.83. The van der Waals surface area contributed by atoms with E-state index in [2.05, 4.69) is 9.71 Å². The Morgan fingerprint density at radius 1 is 1.33 bits per heavy atom. The van der Waals surface area contributed by atoms with Gasteiger partial charge in [-0.2, -0.15) is 0 Å². The van der Waals surface area contributed by atoms with Crippen LogP contribution in [0.3, 0.4) is 0 Å². The Labute approximate surface area is 170 Å². The number of halogens is 2. The van der Waals surface area contributed by atoms with E-state index in [4.69, 9.17) is 27.9 Å². The van der Waals surface area contributed by atoms with Gasteiger partial charge in [-0.3, -0.25) is 14.3 Å². The molecule has 0 aromatic carbocycles. The molecule has 0 fully saturated rings. The molecule has 2 rings (SSSR count). The number of aromatic nitrogens is 2. The minimum atomic E-state index is -3.74. The molecule has 0 bridgehead atoms. The molecule has 8 nitrogen and oxygen atoms in total. The second-order valence-electron chi connectivity index (χ2n) is 6.40. The van der Waals surface area contributed by atoms with Gasteiger partial charge in [0.05, 0.1) is 5.02 Å². The van der Waals surface area contributed by atoms with E-state index in [1.807, 2.05) is 0 Å². The number of thiophene rings is 1. The van der Waals surface area contributed by atoms with Crippen LogP contribution in [0.15, 0.2) is 32.1 Å². The average Bonchev–Trinajstić information content (AvgIpc) is 2.88. The number of nitrogens with one attached hydrogen (secondary N) is 2. The number of H-pyrrole nitrogens is 1. The molecule has 0 atom stereocenters. The van der Waals surface area contributed by atoms with Gasteiger partial charge in [0.2, 0.25) is 0 Å². The van der Waals surface area contributed by atoms with Gasteiger partial charge in [-0.25, -0.2) is 17.9 Å². The molecule has 0 aliphatic rings. The van der Waals surface area contributed by atoms with E-state index < -0.39 is 26.8 Å². The van der Waals surface area contributed by atoms with Crippen molar-refractivity contribution in [2.75, 3.05) is 6.61 Å². The van der Waals surface area contributed by atoms with Gasteiger partial charge in [-0.1, -0.05) is 23.2 Å². The predicted octanol–water partition coefficient (Wildman–Crippen LogP) is 2.42. The molecule has 2 N–H and O–H groups in total. The lowest BCUT2D eigenvalue weighted by molar-refractivity contribution is 0.0680. The first kappa shape index (κ1) is 22.1. The van der Waals surface area contributed by atoms with Crippen LogP contribution in [0, 0.1) is 0 Å². The molecule has 150 valence electrons. The number of aromatic amines is 1. The highest BCUT2D eigenvalue weighted by Crippen LogP contribution is 2.34. The minimum Gasteiger partial charge on any atom is -0.361 e. The van der Waals surface area contributed by atoms with Crippen LogP contribution in [-0.4, -0.2) is 30.1 Å². The number of hydrogen-bond donors (Lipinski definition) is 2. The minimum absolute atomic E-state index is 0.00599. The van der Waals surface area contributed by atoms with Crippen LogP contribution in [0.4, 0.5) is 0 Å². The summed E-state index contributed by atoms with van der Waals surface area (Å²) in [6.45, 7) is 3.82. The number of nitrogens with zero attached hydrogens (tertiary/aromatic N) is 1. The first-order valence-corrected chi connectivity index (χ1v) is 10.9. The van der Waals surface area contributed by atoms with Crippen LogP contribution >= 0.6 is 34.5 Å². The maximum absolute atomic E-state index is 12.4. The van der Waals surface area contributed by atoms with Crippen molar-refractivity contribution in [2.45, 2.75) is 43.2 Å². The lowest BCUT2D eigenvalue weighted by Crippen LogP contribution is -2.43. The largest absolute Gasteiger partial charge is 0.361 e. The van der Waals surface area contributed by atoms with Gasteiger partial charge in [0.1, 0.15) is 15.3 Å². The molecular weight excluding hydrogens is 437 g/mol. The molecule has 0 aliphatic carbocycles. The normalized spacial score (nSPS) is 12.4. The summed E-state index contributed by atoms with van der Waals surface area (Å²) in [5.41, 5.74) is -1.75. The zero-order valence-corrected chi connectivity index (χ0v) is 17.8. The first-order valence-electron chi connectivity index (χ1n) is 7.86. The van der Waals surface area contributed by atoms with Gasteiger partial charge in [0.15, 0.2) is 0 Å². The smallest absolute Gasteiger partial charge is 0.330 e. The topological polar surface area (TPSA) is 110 Å². The van der Waals surface area contributed by atoms with Crippen LogP contribution in [0.5, 0.6) is 0 Å². The van der Waals surface area contributed by atoms with Crippen LogP contribution in [0.25, 0.3) is 0 Å². The standard InChI is InChI=1S/C15H19Cl2N3O5S2/c1-15(2,19-27(23,24)12-8-10(16)13(17)26-12)5-3-7-25-9-20-6-4-11(21)18-14(20)22/h4,6,8,19H,3,5,7,9H2,1-2H3,(H,18,21,22). The van der Waals surface area contributed by atoms with Crippen molar-refractivity contribution in [3.8, 4) is 0 Å². The fourth-order valence-electron chi connectivity index (χ4n) is 2.25. The summed E-state index contributed by atoms with van der Waals surface area (Å²) in [5.74, 6) is 0. The SMILES string of the molecule is CC(C)(CCCOCn1ccc(=O)[nH]c1=O)NS(=O)(=O)c1cc(Cl)c(Cl)s1. The summed E-state index contributed by atoms with van der Waals surface area (Å²) >= 11 is 12.5. The Hall–Kier alpha value is -1.17. The average molecular weight is 456 g/mol. The van der Waals surface area contributed by atoms with Crippen molar-refractivity contribution in [2.24, 2.45) is 0 Å². The fourth-order valence-corrected chi connectivity index (χ4v) is 5.57. The van der Waals surface area contributed by atoms with Gasteiger partial charge in [-0.15, -0.1) is 11.3 Å². The molecule has 27 heavy (non-hydrogen) atoms. The van der Waals surface area contributed by atoms with Crippen molar-refractivity contribution in [1.82, 2.24) is 14.3 Å². The summed E-state index contributed by atoms with van der Waals surface area (Å²) in [4.78, 5) is 24.6. The van der Waals surface area contributed by atoms with Crippen molar-refractivity contribution < 1.29 is 13.2 Å². The van der Waals surface area contributed by atoms with Gasteiger partial charge in [0, 0.05) is 24.4 Å². The molecule has 0 radical (unpaired) electrons. The Morgan fingerprint density at radius 2 is 2.04 bits per heavy atom. The lowest BCUT2D eigenvalue weighted by Gasteiger charge is -2.25. The second-order valence-corrected chi connectivity index (χ2v) is 10.4. The molecular formula is C15H19Cl2N3O5S2. The highest BCUT2D eigenvalue weighted by Gasteiger charge is 2.27. The zero-order chi connectivity index (χ0) is 20.2. The zero-order valence-electron chi connectivity index (χ0n) is 14.6. The molecule has 0 unspecified atom stereocenters. The first-order chi connectivity index (χ1) is 12.5. The molecule has 2 aromatic heterocycles. The van der Waals surface area contributed by atoms with Crippen LogP contribution < -0.4 is 16.0 Å². The van der Waals surface area contributed by atoms with E-state index in [1.165, 1.54) is 22.9 Å². The molecule has 0 saturated carbocycles. The summed E-state index contributed by atoms with van der Waals surface area (Å²) in [6, 6.07) is 2.55. The van der Waals surface area contributed by atoms with Gasteiger partial charge in [-0.05, 0) is 32.8 Å². The summed E-state index contributed by atoms with van der Waals surface area (Å²) < 4.78 is 34.4. The third kappa shape index (κ3) is 6.44. The third-order valence-corrected chi connectivity index (χ3v) is 7.55. The van der Waals surface area contributed by atoms with Crippen LogP contribution in [0.1, 0.15) is 26.7 Å². The predicted molar refractivity (Wildman–Crippen MR) is 105 cm³/mol. The van der Waals surface area contributed by atoms with Gasteiger partial charge >= 0.3 is 5.69 Å². The van der Waals surface area contributed by atoms with E-state index in [1.54, 1.807) is 13.8 Å². The molecule has 12 heteroatoms. The fraction of sp³-hybridized carbons (Fsp3) is 0.467. The van der Waals surface area contributed by atoms with E-state index in [9.17, 15) is 18.0 Å². The summed E-state index contributed by atoms with van der Waals surface area (Å²) in [7, 11) is -3.74. The summed E-state index contributed by atoms with van der Waals surface area (Å²) in [5, 5.41) is 0.200. The number of ether oxygens (including phenoxy) is 1. The van der Waals surface area contributed by atoms with E-state index >= 15 is 0 Å². The summed E-state index contributed by atoms with van der Waals surface area (Å²) in [6.07, 6.45) is 2.40. The number of hydrogen-bond acceptors (Lipinski definition) is 6.